The topological polar surface area (TPSA) is 32.8 Å². The molecule has 0 atom stereocenters. The fourth-order valence-electron chi connectivity index (χ4n) is 2.94. The van der Waals surface area contributed by atoms with Crippen molar-refractivity contribution in [3.8, 4) is 5.75 Å². The second kappa shape index (κ2) is 7.85. The molecule has 1 heterocycles. The van der Waals surface area contributed by atoms with Crippen LogP contribution < -0.4 is 4.74 Å². The Labute approximate surface area is 151 Å². The number of ether oxygens (including phenoxy) is 1. The van der Waals surface area contributed by atoms with Crippen LogP contribution in [0.3, 0.4) is 0 Å². The molecule has 0 unspecified atom stereocenters. The number of rotatable bonds is 4. The van der Waals surface area contributed by atoms with Crippen molar-refractivity contribution in [1.29, 1.82) is 0 Å². The maximum absolute atomic E-state index is 13.1. The number of carbonyl (C=O) groups excluding carboxylic acids is 1. The Bertz CT molecular complexity index is 761. The molecule has 132 valence electrons. The van der Waals surface area contributed by atoms with Crippen LogP contribution in [0.1, 0.15) is 15.9 Å². The summed E-state index contributed by atoms with van der Waals surface area (Å²) in [7, 11) is 1.59. The lowest BCUT2D eigenvalue weighted by Gasteiger charge is -2.35. The molecule has 6 heteroatoms. The van der Waals surface area contributed by atoms with Crippen molar-refractivity contribution in [2.45, 2.75) is 6.54 Å². The number of benzene rings is 2. The first kappa shape index (κ1) is 17.7. The van der Waals surface area contributed by atoms with Crippen molar-refractivity contribution in [1.82, 2.24) is 9.80 Å². The van der Waals surface area contributed by atoms with Gasteiger partial charge in [0, 0.05) is 43.3 Å². The van der Waals surface area contributed by atoms with Crippen molar-refractivity contribution in [2.75, 3.05) is 33.3 Å². The monoisotopic (exact) mass is 362 g/mol. The van der Waals surface area contributed by atoms with Gasteiger partial charge in [-0.25, -0.2) is 4.39 Å². The molecule has 1 aliphatic rings. The molecule has 2 aromatic rings. The highest BCUT2D eigenvalue weighted by Gasteiger charge is 2.22. The lowest BCUT2D eigenvalue weighted by Crippen LogP contribution is -2.48. The Hall–Kier alpha value is -2.11. The van der Waals surface area contributed by atoms with Gasteiger partial charge >= 0.3 is 0 Å². The van der Waals surface area contributed by atoms with E-state index in [1.165, 1.54) is 12.1 Å². The summed E-state index contributed by atoms with van der Waals surface area (Å²) < 4.78 is 18.3. The first-order valence-corrected chi connectivity index (χ1v) is 8.54. The minimum absolute atomic E-state index is 0.0124. The van der Waals surface area contributed by atoms with Gasteiger partial charge in [-0.3, -0.25) is 9.69 Å². The Morgan fingerprint density at radius 3 is 2.60 bits per heavy atom. The normalized spacial score (nSPS) is 15.2. The standard InChI is InChI=1S/C19H20ClFN2O2/c1-25-17-4-2-3-14(11-17)19(24)23-9-7-22(8-10-23)13-15-5-6-16(21)12-18(15)20/h2-6,11-12H,7-10,13H2,1H3. The van der Waals surface area contributed by atoms with Crippen molar-refractivity contribution in [3.63, 3.8) is 0 Å². The maximum atomic E-state index is 13.1. The highest BCUT2D eigenvalue weighted by molar-refractivity contribution is 6.31. The van der Waals surface area contributed by atoms with Gasteiger partial charge in [-0.15, -0.1) is 0 Å². The molecule has 4 nitrogen and oxygen atoms in total. The number of nitrogens with zero attached hydrogens (tertiary/aromatic N) is 2. The predicted octanol–water partition coefficient (Wildman–Crippen LogP) is 3.45. The molecule has 25 heavy (non-hydrogen) atoms. The molecule has 0 radical (unpaired) electrons. The molecule has 1 aliphatic heterocycles. The molecule has 0 aromatic heterocycles. The van der Waals surface area contributed by atoms with Gasteiger partial charge in [0.15, 0.2) is 0 Å². The highest BCUT2D eigenvalue weighted by atomic mass is 35.5. The van der Waals surface area contributed by atoms with Gasteiger partial charge in [0.2, 0.25) is 0 Å². The number of amides is 1. The zero-order valence-electron chi connectivity index (χ0n) is 14.0. The smallest absolute Gasteiger partial charge is 0.254 e. The zero-order chi connectivity index (χ0) is 17.8. The summed E-state index contributed by atoms with van der Waals surface area (Å²) in [5.41, 5.74) is 1.53. The lowest BCUT2D eigenvalue weighted by molar-refractivity contribution is 0.0628. The third-order valence-electron chi connectivity index (χ3n) is 4.39. The summed E-state index contributed by atoms with van der Waals surface area (Å²) in [6.45, 7) is 3.46. The first-order chi connectivity index (χ1) is 12.1. The SMILES string of the molecule is COc1cccc(C(=O)N2CCN(Cc3ccc(F)cc3Cl)CC2)c1. The number of hydrogen-bond donors (Lipinski definition) is 0. The van der Waals surface area contributed by atoms with E-state index in [4.69, 9.17) is 16.3 Å². The Morgan fingerprint density at radius 1 is 1.16 bits per heavy atom. The predicted molar refractivity (Wildman–Crippen MR) is 95.6 cm³/mol. The number of hydrogen-bond acceptors (Lipinski definition) is 3. The molecule has 0 spiro atoms. The van der Waals surface area contributed by atoms with E-state index in [0.29, 0.717) is 36.0 Å². The molecule has 3 rings (SSSR count). The van der Waals surface area contributed by atoms with Gasteiger partial charge < -0.3 is 9.64 Å². The molecular weight excluding hydrogens is 343 g/mol. The molecule has 1 amide bonds. The van der Waals surface area contributed by atoms with Gasteiger partial charge in [0.25, 0.3) is 5.91 Å². The average Bonchev–Trinajstić information content (AvgIpc) is 2.64. The minimum Gasteiger partial charge on any atom is -0.497 e. The van der Waals surface area contributed by atoms with E-state index in [0.717, 1.165) is 18.7 Å². The van der Waals surface area contributed by atoms with Crippen LogP contribution in [-0.2, 0) is 6.54 Å². The van der Waals surface area contributed by atoms with E-state index in [2.05, 4.69) is 4.90 Å². The second-order valence-electron chi connectivity index (χ2n) is 6.04. The van der Waals surface area contributed by atoms with Crippen LogP contribution in [0.15, 0.2) is 42.5 Å². The van der Waals surface area contributed by atoms with E-state index in [9.17, 15) is 9.18 Å². The Morgan fingerprint density at radius 2 is 1.92 bits per heavy atom. The fourth-order valence-corrected chi connectivity index (χ4v) is 3.17. The fraction of sp³-hybridized carbons (Fsp3) is 0.316. The molecule has 0 N–H and O–H groups in total. The molecule has 2 aromatic carbocycles. The van der Waals surface area contributed by atoms with Gasteiger partial charge in [-0.1, -0.05) is 23.7 Å². The van der Waals surface area contributed by atoms with Crippen molar-refractivity contribution >= 4 is 17.5 Å². The van der Waals surface area contributed by atoms with Gasteiger partial charge in [-0.2, -0.15) is 0 Å². The molecular formula is C19H20ClFN2O2. The summed E-state index contributed by atoms with van der Waals surface area (Å²) in [6.07, 6.45) is 0. The van der Waals surface area contributed by atoms with Crippen molar-refractivity contribution in [3.05, 3.63) is 64.4 Å². The molecule has 1 saturated heterocycles. The highest BCUT2D eigenvalue weighted by Crippen LogP contribution is 2.20. The quantitative estimate of drug-likeness (QED) is 0.835. The third-order valence-corrected chi connectivity index (χ3v) is 4.74. The van der Waals surface area contributed by atoms with Crippen molar-refractivity contribution in [2.24, 2.45) is 0 Å². The molecule has 1 fully saturated rings. The Kier molecular flexibility index (Phi) is 5.56. The van der Waals surface area contributed by atoms with Gasteiger partial charge in [0.1, 0.15) is 11.6 Å². The van der Waals surface area contributed by atoms with Crippen molar-refractivity contribution < 1.29 is 13.9 Å². The third kappa shape index (κ3) is 4.30. The summed E-state index contributed by atoms with van der Waals surface area (Å²) >= 11 is 6.09. The van der Waals surface area contributed by atoms with Crippen LogP contribution in [0.5, 0.6) is 5.75 Å². The van der Waals surface area contributed by atoms with Crippen LogP contribution in [-0.4, -0.2) is 49.0 Å². The van der Waals surface area contributed by atoms with E-state index in [1.54, 1.807) is 25.3 Å². The number of piperazine rings is 1. The molecule has 0 aliphatic carbocycles. The molecule has 0 saturated carbocycles. The average molecular weight is 363 g/mol. The summed E-state index contributed by atoms with van der Waals surface area (Å²) in [5.74, 6) is 0.358. The van der Waals surface area contributed by atoms with Crippen LogP contribution in [0.25, 0.3) is 0 Å². The van der Waals surface area contributed by atoms with Crippen LogP contribution in [0.2, 0.25) is 5.02 Å². The van der Waals surface area contributed by atoms with Gasteiger partial charge in [-0.05, 0) is 35.9 Å². The zero-order valence-corrected chi connectivity index (χ0v) is 14.8. The van der Waals surface area contributed by atoms with Crippen LogP contribution in [0.4, 0.5) is 4.39 Å². The number of methoxy groups -OCH3 is 1. The number of halogens is 2. The van der Waals surface area contributed by atoms with Crippen LogP contribution in [0, 0.1) is 5.82 Å². The van der Waals surface area contributed by atoms with E-state index in [-0.39, 0.29) is 11.7 Å². The Balaban J connectivity index is 1.58. The van der Waals surface area contributed by atoms with E-state index in [1.807, 2.05) is 17.0 Å². The number of carbonyl (C=O) groups is 1. The minimum atomic E-state index is -0.331. The van der Waals surface area contributed by atoms with Gasteiger partial charge in [0.05, 0.1) is 7.11 Å². The first-order valence-electron chi connectivity index (χ1n) is 8.16. The summed E-state index contributed by atoms with van der Waals surface area (Å²) in [4.78, 5) is 16.7. The largest absolute Gasteiger partial charge is 0.497 e. The van der Waals surface area contributed by atoms with Crippen LogP contribution >= 0.6 is 11.6 Å². The lowest BCUT2D eigenvalue weighted by atomic mass is 10.1. The summed E-state index contributed by atoms with van der Waals surface area (Å²) in [5, 5.41) is 0.440. The van der Waals surface area contributed by atoms with E-state index >= 15 is 0 Å². The van der Waals surface area contributed by atoms with E-state index < -0.39 is 0 Å². The maximum Gasteiger partial charge on any atom is 0.254 e. The summed E-state index contributed by atoms with van der Waals surface area (Å²) in [6, 6.07) is 11.7. The second-order valence-corrected chi connectivity index (χ2v) is 6.44. The molecule has 0 bridgehead atoms.